The normalized spacial score (nSPS) is 14.1. The zero-order valence-electron chi connectivity index (χ0n) is 16.2. The fraction of sp³-hybridized carbons (Fsp3) is 0.182. The number of pyridine rings is 1. The van der Waals surface area contributed by atoms with Crippen LogP contribution in [0.4, 0.5) is 34.6 Å². The lowest BCUT2D eigenvalue weighted by Gasteiger charge is -2.39. The van der Waals surface area contributed by atoms with Gasteiger partial charge in [0.25, 0.3) is 5.91 Å². The topological polar surface area (TPSA) is 36.4 Å². The van der Waals surface area contributed by atoms with Crippen LogP contribution in [0.1, 0.15) is 27.2 Å². The zero-order valence-corrected chi connectivity index (χ0v) is 16.2. The Morgan fingerprint density at radius 3 is 2.37 bits per heavy atom. The third-order valence-electron chi connectivity index (χ3n) is 5.04. The largest absolute Gasteiger partial charge is 0.417 e. The number of aryl methyl sites for hydroxylation is 2. The molecule has 4 rings (SSSR count). The van der Waals surface area contributed by atoms with Gasteiger partial charge in [-0.15, -0.1) is 0 Å². The van der Waals surface area contributed by atoms with E-state index in [4.69, 9.17) is 0 Å². The van der Waals surface area contributed by atoms with E-state index in [-0.39, 0.29) is 12.4 Å². The number of halogens is 4. The van der Waals surface area contributed by atoms with Gasteiger partial charge in [0.1, 0.15) is 12.5 Å². The van der Waals surface area contributed by atoms with Crippen LogP contribution in [0.25, 0.3) is 0 Å². The summed E-state index contributed by atoms with van der Waals surface area (Å²) < 4.78 is 54.9. The molecule has 2 aromatic carbocycles. The Morgan fingerprint density at radius 1 is 0.967 bits per heavy atom. The second-order valence-corrected chi connectivity index (χ2v) is 7.09. The first-order chi connectivity index (χ1) is 14.2. The SMILES string of the molecule is Cc1ccc(N2CN(c3ccc(F)cc3C)c3cccc(C(F)(F)F)c3C2=O)cn1. The van der Waals surface area contributed by atoms with Crippen LogP contribution in [0.3, 0.4) is 0 Å². The molecule has 0 aliphatic carbocycles. The molecule has 0 atom stereocenters. The van der Waals surface area contributed by atoms with Gasteiger partial charge in [-0.05, 0) is 61.9 Å². The van der Waals surface area contributed by atoms with Crippen LogP contribution in [-0.2, 0) is 6.18 Å². The van der Waals surface area contributed by atoms with Crippen molar-refractivity contribution in [1.29, 1.82) is 0 Å². The van der Waals surface area contributed by atoms with Gasteiger partial charge in [0.05, 0.1) is 28.7 Å². The average molecular weight is 415 g/mol. The summed E-state index contributed by atoms with van der Waals surface area (Å²) in [5.74, 6) is -1.22. The quantitative estimate of drug-likeness (QED) is 0.511. The number of nitrogens with zero attached hydrogens (tertiary/aromatic N) is 3. The van der Waals surface area contributed by atoms with Crippen molar-refractivity contribution in [2.75, 3.05) is 16.5 Å². The summed E-state index contributed by atoms with van der Waals surface area (Å²) in [6.07, 6.45) is -3.26. The molecular formula is C22H17F4N3O. The molecule has 0 saturated carbocycles. The van der Waals surface area contributed by atoms with Gasteiger partial charge in [0, 0.05) is 11.4 Å². The standard InChI is InChI=1S/C22H17F4N3O/c1-13-10-15(23)7-9-18(13)29-12-28(16-8-6-14(2)27-11-16)21(30)20-17(22(24,25)26)4-3-5-19(20)29/h3-11H,12H2,1-2H3. The molecule has 0 radical (unpaired) electrons. The summed E-state index contributed by atoms with van der Waals surface area (Å²) in [6.45, 7) is 3.40. The monoisotopic (exact) mass is 415 g/mol. The number of alkyl halides is 3. The highest BCUT2D eigenvalue weighted by atomic mass is 19.4. The van der Waals surface area contributed by atoms with Gasteiger partial charge in [0.15, 0.2) is 0 Å². The number of anilines is 3. The van der Waals surface area contributed by atoms with Crippen LogP contribution in [0, 0.1) is 19.7 Å². The Hall–Kier alpha value is -3.42. The molecule has 0 bridgehead atoms. The van der Waals surface area contributed by atoms with E-state index in [1.54, 1.807) is 30.9 Å². The highest BCUT2D eigenvalue weighted by Gasteiger charge is 2.41. The molecule has 1 aliphatic heterocycles. The molecule has 0 saturated heterocycles. The molecule has 4 nitrogen and oxygen atoms in total. The predicted octanol–water partition coefficient (Wildman–Crippen LogP) is 5.61. The number of amides is 1. The lowest BCUT2D eigenvalue weighted by molar-refractivity contribution is -0.137. The second kappa shape index (κ2) is 7.12. The van der Waals surface area contributed by atoms with Crippen molar-refractivity contribution in [3.05, 3.63) is 82.9 Å². The van der Waals surface area contributed by atoms with E-state index in [1.165, 1.54) is 41.4 Å². The fourth-order valence-electron chi connectivity index (χ4n) is 3.59. The minimum Gasteiger partial charge on any atom is -0.322 e. The van der Waals surface area contributed by atoms with E-state index in [2.05, 4.69) is 4.98 Å². The van der Waals surface area contributed by atoms with Crippen LogP contribution in [0.2, 0.25) is 0 Å². The van der Waals surface area contributed by atoms with E-state index in [9.17, 15) is 22.4 Å². The number of carbonyl (C=O) groups excluding carboxylic acids is 1. The van der Waals surface area contributed by atoms with Gasteiger partial charge in [0.2, 0.25) is 0 Å². The van der Waals surface area contributed by atoms with Crippen molar-refractivity contribution in [3.63, 3.8) is 0 Å². The van der Waals surface area contributed by atoms with E-state index >= 15 is 0 Å². The molecule has 0 fully saturated rings. The predicted molar refractivity (Wildman–Crippen MR) is 105 cm³/mol. The molecule has 2 heterocycles. The Balaban J connectivity index is 1.95. The smallest absolute Gasteiger partial charge is 0.322 e. The maximum absolute atomic E-state index is 13.7. The van der Waals surface area contributed by atoms with E-state index < -0.39 is 29.0 Å². The summed E-state index contributed by atoms with van der Waals surface area (Å²) in [5.41, 5.74) is 0.800. The highest BCUT2D eigenvalue weighted by molar-refractivity contribution is 6.13. The molecule has 1 amide bonds. The van der Waals surface area contributed by atoms with Crippen LogP contribution in [0.5, 0.6) is 0 Å². The summed E-state index contributed by atoms with van der Waals surface area (Å²) in [4.78, 5) is 20.2. The van der Waals surface area contributed by atoms with Crippen molar-refractivity contribution >= 4 is 23.0 Å². The Morgan fingerprint density at radius 2 is 1.73 bits per heavy atom. The zero-order chi connectivity index (χ0) is 21.6. The first kappa shape index (κ1) is 19.9. The number of carbonyl (C=O) groups is 1. The third-order valence-corrected chi connectivity index (χ3v) is 5.04. The first-order valence-corrected chi connectivity index (χ1v) is 9.15. The van der Waals surface area contributed by atoms with E-state index in [1.807, 2.05) is 0 Å². The summed E-state index contributed by atoms with van der Waals surface area (Å²) in [5, 5.41) is 0. The van der Waals surface area contributed by atoms with Crippen molar-refractivity contribution in [2.45, 2.75) is 20.0 Å². The summed E-state index contributed by atoms with van der Waals surface area (Å²) >= 11 is 0. The van der Waals surface area contributed by atoms with Gasteiger partial charge in [-0.2, -0.15) is 13.2 Å². The molecule has 3 aromatic rings. The van der Waals surface area contributed by atoms with E-state index in [0.717, 1.165) is 6.07 Å². The van der Waals surface area contributed by atoms with Crippen LogP contribution in [0.15, 0.2) is 54.7 Å². The highest BCUT2D eigenvalue weighted by Crippen LogP contribution is 2.42. The molecule has 154 valence electrons. The van der Waals surface area contributed by atoms with Gasteiger partial charge in [-0.25, -0.2) is 4.39 Å². The van der Waals surface area contributed by atoms with Gasteiger partial charge in [-0.1, -0.05) is 6.07 Å². The fourth-order valence-corrected chi connectivity index (χ4v) is 3.59. The van der Waals surface area contributed by atoms with Crippen molar-refractivity contribution in [2.24, 2.45) is 0 Å². The lowest BCUT2D eigenvalue weighted by Crippen LogP contribution is -2.46. The molecule has 0 spiro atoms. The second-order valence-electron chi connectivity index (χ2n) is 7.09. The maximum atomic E-state index is 13.7. The molecular weight excluding hydrogens is 398 g/mol. The number of hydrogen-bond donors (Lipinski definition) is 0. The van der Waals surface area contributed by atoms with Crippen molar-refractivity contribution in [3.8, 4) is 0 Å². The van der Waals surface area contributed by atoms with Gasteiger partial charge >= 0.3 is 6.18 Å². The Bertz CT molecular complexity index is 1130. The van der Waals surface area contributed by atoms with Crippen LogP contribution >= 0.6 is 0 Å². The van der Waals surface area contributed by atoms with E-state index in [0.29, 0.717) is 22.6 Å². The number of rotatable bonds is 2. The summed E-state index contributed by atoms with van der Waals surface area (Å²) in [7, 11) is 0. The molecule has 0 unspecified atom stereocenters. The molecule has 0 N–H and O–H groups in total. The number of fused-ring (bicyclic) bond motifs is 1. The third kappa shape index (κ3) is 3.38. The minimum atomic E-state index is -4.71. The number of benzene rings is 2. The van der Waals surface area contributed by atoms with Crippen LogP contribution < -0.4 is 9.80 Å². The average Bonchev–Trinajstić information content (AvgIpc) is 2.69. The van der Waals surface area contributed by atoms with Crippen molar-refractivity contribution < 1.29 is 22.4 Å². The number of aromatic nitrogens is 1. The lowest BCUT2D eigenvalue weighted by atomic mass is 9.99. The maximum Gasteiger partial charge on any atom is 0.417 e. The Kier molecular flexibility index (Phi) is 4.72. The van der Waals surface area contributed by atoms with Gasteiger partial charge in [-0.3, -0.25) is 14.7 Å². The molecule has 30 heavy (non-hydrogen) atoms. The van der Waals surface area contributed by atoms with Gasteiger partial charge < -0.3 is 4.90 Å². The number of hydrogen-bond acceptors (Lipinski definition) is 3. The summed E-state index contributed by atoms with van der Waals surface area (Å²) in [6, 6.07) is 11.0. The van der Waals surface area contributed by atoms with Crippen LogP contribution in [-0.4, -0.2) is 17.6 Å². The Labute approximate surface area is 170 Å². The molecule has 1 aliphatic rings. The van der Waals surface area contributed by atoms with Crippen molar-refractivity contribution in [1.82, 2.24) is 4.98 Å². The minimum absolute atomic E-state index is 0.0373. The first-order valence-electron chi connectivity index (χ1n) is 9.15. The molecule has 1 aromatic heterocycles. The molecule has 8 heteroatoms.